The number of hydrogen-bond donors (Lipinski definition) is 0. The number of allylic oxidation sites excluding steroid dienone is 2. The van der Waals surface area contributed by atoms with Gasteiger partial charge in [0, 0.05) is 12.2 Å². The lowest BCUT2D eigenvalue weighted by molar-refractivity contribution is -0.0641. The molecule has 0 N–H and O–H groups in total. The van der Waals surface area contributed by atoms with Gasteiger partial charge < -0.3 is 4.74 Å². The zero-order chi connectivity index (χ0) is 24.7. The molecule has 3 aromatic rings. The maximum Gasteiger partial charge on any atom is 0.184 e. The Labute approximate surface area is 208 Å². The van der Waals surface area contributed by atoms with Crippen molar-refractivity contribution in [3.63, 3.8) is 0 Å². The Morgan fingerprint density at radius 3 is 1.80 bits per heavy atom. The van der Waals surface area contributed by atoms with Crippen molar-refractivity contribution < 1.29 is 13.5 Å². The number of halogens is 2. The first-order valence-corrected chi connectivity index (χ1v) is 12.7. The summed E-state index contributed by atoms with van der Waals surface area (Å²) in [5.41, 5.74) is 4.20. The van der Waals surface area contributed by atoms with Gasteiger partial charge in [-0.15, -0.1) is 0 Å². The van der Waals surface area contributed by atoms with Crippen LogP contribution >= 0.6 is 0 Å². The molecule has 0 amide bonds. The van der Waals surface area contributed by atoms with E-state index in [1.54, 1.807) is 12.2 Å². The van der Waals surface area contributed by atoms with Crippen molar-refractivity contribution in [2.45, 2.75) is 57.7 Å². The first-order chi connectivity index (χ1) is 17.1. The number of alkyl halides is 1. The third-order valence-electron chi connectivity index (χ3n) is 6.72. The quantitative estimate of drug-likeness (QED) is 0.267. The van der Waals surface area contributed by atoms with Crippen molar-refractivity contribution in [1.29, 1.82) is 0 Å². The topological polar surface area (TPSA) is 9.23 Å². The van der Waals surface area contributed by atoms with Crippen LogP contribution in [0.25, 0.3) is 27.8 Å². The van der Waals surface area contributed by atoms with Gasteiger partial charge in [-0.05, 0) is 46.7 Å². The highest BCUT2D eigenvalue weighted by molar-refractivity contribution is 5.80. The summed E-state index contributed by atoms with van der Waals surface area (Å²) in [6.45, 7) is 4.53. The van der Waals surface area contributed by atoms with Crippen LogP contribution in [0.15, 0.2) is 96.8 Å². The molecule has 0 radical (unpaired) electrons. The fourth-order valence-corrected chi connectivity index (χ4v) is 4.71. The molecule has 1 aliphatic carbocycles. The third-order valence-corrected chi connectivity index (χ3v) is 6.72. The summed E-state index contributed by atoms with van der Waals surface area (Å²) in [6.07, 6.45) is 5.75. The van der Waals surface area contributed by atoms with Gasteiger partial charge in [-0.2, -0.15) is 0 Å². The molecular weight excluding hydrogens is 438 g/mol. The SMILES string of the molecule is CCCCCOC1(CCC)C=CC(c2ccc(-c3ccc(-c4ccccc4)cc3)cc2)=C(F)C1F. The van der Waals surface area contributed by atoms with Crippen molar-refractivity contribution in [1.82, 2.24) is 0 Å². The average molecular weight is 473 g/mol. The molecule has 0 spiro atoms. The molecule has 0 saturated carbocycles. The first kappa shape index (κ1) is 25.1. The molecule has 3 heteroatoms. The van der Waals surface area contributed by atoms with E-state index < -0.39 is 17.6 Å². The fraction of sp³-hybridized carbons (Fsp3) is 0.312. The van der Waals surface area contributed by atoms with Crippen LogP contribution in [-0.2, 0) is 4.74 Å². The fourth-order valence-electron chi connectivity index (χ4n) is 4.71. The van der Waals surface area contributed by atoms with Gasteiger partial charge in [-0.3, -0.25) is 0 Å². The van der Waals surface area contributed by atoms with Crippen molar-refractivity contribution in [2.24, 2.45) is 0 Å². The van der Waals surface area contributed by atoms with Crippen LogP contribution in [0, 0.1) is 0 Å². The minimum absolute atomic E-state index is 0.298. The van der Waals surface area contributed by atoms with E-state index in [4.69, 9.17) is 4.74 Å². The van der Waals surface area contributed by atoms with E-state index in [0.717, 1.165) is 42.4 Å². The van der Waals surface area contributed by atoms with E-state index in [2.05, 4.69) is 43.3 Å². The van der Waals surface area contributed by atoms with Gasteiger partial charge >= 0.3 is 0 Å². The second kappa shape index (κ2) is 11.6. The normalized spacial score (nSPS) is 19.8. The van der Waals surface area contributed by atoms with Crippen LogP contribution in [0.4, 0.5) is 8.78 Å². The minimum Gasteiger partial charge on any atom is -0.367 e. The predicted octanol–water partition coefficient (Wildman–Crippen LogP) is 9.35. The summed E-state index contributed by atoms with van der Waals surface area (Å²) in [5.74, 6) is -0.739. The Balaban J connectivity index is 1.51. The second-order valence-electron chi connectivity index (χ2n) is 9.24. The van der Waals surface area contributed by atoms with Crippen molar-refractivity contribution in [3.8, 4) is 22.3 Å². The number of hydrogen-bond acceptors (Lipinski definition) is 1. The van der Waals surface area contributed by atoms with Gasteiger partial charge in [0.2, 0.25) is 0 Å². The third kappa shape index (κ3) is 5.62. The Morgan fingerprint density at radius 1 is 0.714 bits per heavy atom. The van der Waals surface area contributed by atoms with Crippen LogP contribution in [0.3, 0.4) is 0 Å². The molecule has 4 rings (SSSR count). The first-order valence-electron chi connectivity index (χ1n) is 12.7. The van der Waals surface area contributed by atoms with E-state index in [1.165, 1.54) is 5.56 Å². The van der Waals surface area contributed by atoms with Crippen molar-refractivity contribution >= 4 is 5.57 Å². The van der Waals surface area contributed by atoms with E-state index in [-0.39, 0.29) is 0 Å². The lowest BCUT2D eigenvalue weighted by Gasteiger charge is -2.36. The predicted molar refractivity (Wildman–Crippen MR) is 142 cm³/mol. The molecule has 0 bridgehead atoms. The minimum atomic E-state index is -1.80. The second-order valence-corrected chi connectivity index (χ2v) is 9.24. The molecule has 1 nitrogen and oxygen atoms in total. The van der Waals surface area contributed by atoms with Crippen LogP contribution < -0.4 is 0 Å². The highest BCUT2D eigenvalue weighted by Gasteiger charge is 2.43. The van der Waals surface area contributed by atoms with Gasteiger partial charge in [-0.1, -0.05) is 118 Å². The molecule has 0 saturated heterocycles. The van der Waals surface area contributed by atoms with Crippen molar-refractivity contribution in [2.75, 3.05) is 6.61 Å². The lowest BCUT2D eigenvalue weighted by atomic mass is 9.83. The molecule has 2 atom stereocenters. The van der Waals surface area contributed by atoms with E-state index in [1.807, 2.05) is 49.4 Å². The summed E-state index contributed by atoms with van der Waals surface area (Å²) in [5, 5.41) is 0. The zero-order valence-corrected chi connectivity index (χ0v) is 20.6. The molecule has 1 aliphatic rings. The van der Waals surface area contributed by atoms with Crippen LogP contribution in [0.1, 0.15) is 51.5 Å². The molecule has 0 aliphatic heterocycles. The van der Waals surface area contributed by atoms with E-state index >= 15 is 8.78 Å². The number of unbranched alkanes of at least 4 members (excludes halogenated alkanes) is 2. The van der Waals surface area contributed by atoms with Gasteiger partial charge in [0.05, 0.1) is 0 Å². The average Bonchev–Trinajstić information content (AvgIpc) is 2.91. The van der Waals surface area contributed by atoms with E-state index in [0.29, 0.717) is 24.2 Å². The Bertz CT molecular complexity index is 1150. The molecule has 3 aromatic carbocycles. The monoisotopic (exact) mass is 472 g/mol. The highest BCUT2D eigenvalue weighted by atomic mass is 19.2. The molecule has 35 heavy (non-hydrogen) atoms. The largest absolute Gasteiger partial charge is 0.367 e. The Kier molecular flexibility index (Phi) is 8.30. The Morgan fingerprint density at radius 2 is 1.26 bits per heavy atom. The van der Waals surface area contributed by atoms with Crippen LogP contribution in [-0.4, -0.2) is 18.4 Å². The standard InChI is InChI=1S/C32H34F2O/c1-3-5-9-23-35-32(21-4-2)22-20-29(30(33)31(32)34)28-18-16-27(17-19-28)26-14-12-25(13-15-26)24-10-7-6-8-11-24/h6-8,10-20,22,31H,3-5,9,21,23H2,1-2H3. The summed E-state index contributed by atoms with van der Waals surface area (Å²) in [7, 11) is 0. The molecule has 0 fully saturated rings. The summed E-state index contributed by atoms with van der Waals surface area (Å²) in [6, 6.07) is 26.3. The Hall–Kier alpha value is -3.04. The van der Waals surface area contributed by atoms with Crippen LogP contribution in [0.2, 0.25) is 0 Å². The van der Waals surface area contributed by atoms with Gasteiger partial charge in [0.1, 0.15) is 11.4 Å². The zero-order valence-electron chi connectivity index (χ0n) is 20.6. The highest BCUT2D eigenvalue weighted by Crippen LogP contribution is 2.41. The summed E-state index contributed by atoms with van der Waals surface area (Å²) >= 11 is 0. The maximum atomic E-state index is 15.4. The van der Waals surface area contributed by atoms with Gasteiger partial charge in [0.15, 0.2) is 6.17 Å². The van der Waals surface area contributed by atoms with Crippen LogP contribution in [0.5, 0.6) is 0 Å². The lowest BCUT2D eigenvalue weighted by Crippen LogP contribution is -2.43. The number of ether oxygens (including phenoxy) is 1. The van der Waals surface area contributed by atoms with Crippen molar-refractivity contribution in [3.05, 3.63) is 102 Å². The van der Waals surface area contributed by atoms with Gasteiger partial charge in [0.25, 0.3) is 0 Å². The summed E-state index contributed by atoms with van der Waals surface area (Å²) < 4.78 is 36.7. The smallest absolute Gasteiger partial charge is 0.184 e. The molecule has 2 unspecified atom stereocenters. The number of rotatable bonds is 10. The van der Waals surface area contributed by atoms with Gasteiger partial charge in [-0.25, -0.2) is 8.78 Å². The molecular formula is C32H34F2O. The maximum absolute atomic E-state index is 15.4. The summed E-state index contributed by atoms with van der Waals surface area (Å²) in [4.78, 5) is 0. The van der Waals surface area contributed by atoms with E-state index in [9.17, 15) is 0 Å². The molecule has 0 heterocycles. The molecule has 0 aromatic heterocycles. The molecule has 182 valence electrons. The number of benzene rings is 3.